The van der Waals surface area contributed by atoms with E-state index in [9.17, 15) is 9.59 Å². The van der Waals surface area contributed by atoms with Crippen molar-refractivity contribution in [3.8, 4) is 5.75 Å². The third-order valence-corrected chi connectivity index (χ3v) is 4.77. The predicted octanol–water partition coefficient (Wildman–Crippen LogP) is 2.98. The highest BCUT2D eigenvalue weighted by molar-refractivity contribution is 5.81. The van der Waals surface area contributed by atoms with Crippen molar-refractivity contribution in [1.82, 2.24) is 5.32 Å². The molecule has 0 aromatic heterocycles. The number of nitrogens with one attached hydrogen (secondary N) is 1. The Balaban J connectivity index is 1.41. The fourth-order valence-corrected chi connectivity index (χ4v) is 3.26. The second-order valence-electron chi connectivity index (χ2n) is 6.77. The Kier molecular flexibility index (Phi) is 6.47. The van der Waals surface area contributed by atoms with Crippen LogP contribution < -0.4 is 10.1 Å². The Bertz CT molecular complexity index is 798. The number of aryl methyl sites for hydroxylation is 2. The van der Waals surface area contributed by atoms with E-state index in [1.807, 2.05) is 30.3 Å². The summed E-state index contributed by atoms with van der Waals surface area (Å²) in [4.78, 5) is 23.9. The van der Waals surface area contributed by atoms with Gasteiger partial charge in [-0.3, -0.25) is 9.59 Å². The van der Waals surface area contributed by atoms with E-state index in [0.29, 0.717) is 6.54 Å². The molecule has 0 fully saturated rings. The first-order valence-corrected chi connectivity index (χ1v) is 9.30. The topological polar surface area (TPSA) is 64.6 Å². The Labute approximate surface area is 159 Å². The van der Waals surface area contributed by atoms with Crippen LogP contribution in [0.4, 0.5) is 0 Å². The number of hydrogen-bond acceptors (Lipinski definition) is 4. The SMILES string of the molecule is COc1ccc(CNC(=O)COC(=O)Cc2ccc3c(c2)CCCC3)cc1. The number of esters is 1. The Morgan fingerprint density at radius 3 is 2.41 bits per heavy atom. The van der Waals surface area contributed by atoms with E-state index in [1.54, 1.807) is 7.11 Å². The van der Waals surface area contributed by atoms with Gasteiger partial charge in [0.1, 0.15) is 5.75 Å². The van der Waals surface area contributed by atoms with E-state index in [2.05, 4.69) is 17.4 Å². The van der Waals surface area contributed by atoms with Gasteiger partial charge < -0.3 is 14.8 Å². The standard InChI is InChI=1S/C22H25NO4/c1-26-20-10-7-16(8-11-20)14-23-21(24)15-27-22(25)13-17-6-9-18-4-2-3-5-19(18)12-17/h6-12H,2-5,13-15H2,1H3,(H,23,24). The molecule has 0 radical (unpaired) electrons. The number of carbonyl (C=O) groups is 2. The van der Waals surface area contributed by atoms with E-state index in [4.69, 9.17) is 9.47 Å². The molecule has 2 aromatic carbocycles. The van der Waals surface area contributed by atoms with Gasteiger partial charge in [-0.15, -0.1) is 0 Å². The Morgan fingerprint density at radius 2 is 1.67 bits per heavy atom. The molecule has 0 unspecified atom stereocenters. The third-order valence-electron chi connectivity index (χ3n) is 4.77. The first-order chi connectivity index (χ1) is 13.1. The summed E-state index contributed by atoms with van der Waals surface area (Å²) >= 11 is 0. The van der Waals surface area contributed by atoms with Gasteiger partial charge in [-0.2, -0.15) is 0 Å². The molecule has 1 amide bonds. The lowest BCUT2D eigenvalue weighted by molar-refractivity contribution is -0.147. The van der Waals surface area contributed by atoms with Crippen molar-refractivity contribution in [2.24, 2.45) is 0 Å². The van der Waals surface area contributed by atoms with E-state index in [0.717, 1.165) is 29.7 Å². The minimum absolute atomic E-state index is 0.193. The fraction of sp³-hybridized carbons (Fsp3) is 0.364. The van der Waals surface area contributed by atoms with E-state index in [1.165, 1.54) is 24.0 Å². The largest absolute Gasteiger partial charge is 0.497 e. The van der Waals surface area contributed by atoms with Gasteiger partial charge >= 0.3 is 5.97 Å². The second-order valence-corrected chi connectivity index (χ2v) is 6.77. The van der Waals surface area contributed by atoms with Crippen LogP contribution in [0.2, 0.25) is 0 Å². The Morgan fingerprint density at radius 1 is 0.963 bits per heavy atom. The molecule has 0 bridgehead atoms. The maximum atomic E-state index is 12.0. The maximum absolute atomic E-state index is 12.0. The highest BCUT2D eigenvalue weighted by atomic mass is 16.5. The number of hydrogen-bond donors (Lipinski definition) is 1. The summed E-state index contributed by atoms with van der Waals surface area (Å²) in [6, 6.07) is 13.6. The molecule has 0 aliphatic heterocycles. The van der Waals surface area contributed by atoms with Crippen LogP contribution in [0.15, 0.2) is 42.5 Å². The smallest absolute Gasteiger partial charge is 0.310 e. The summed E-state index contributed by atoms with van der Waals surface area (Å²) in [7, 11) is 1.61. The molecule has 0 saturated heterocycles. The maximum Gasteiger partial charge on any atom is 0.310 e. The molecule has 5 heteroatoms. The van der Waals surface area contributed by atoms with Crippen LogP contribution in [-0.2, 0) is 40.1 Å². The molecule has 142 valence electrons. The highest BCUT2D eigenvalue weighted by Crippen LogP contribution is 2.22. The van der Waals surface area contributed by atoms with Crippen LogP contribution in [0.1, 0.15) is 35.1 Å². The number of benzene rings is 2. The quantitative estimate of drug-likeness (QED) is 0.764. The lowest BCUT2D eigenvalue weighted by Crippen LogP contribution is -2.28. The summed E-state index contributed by atoms with van der Waals surface area (Å²) in [5.74, 6) is 0.0659. The van der Waals surface area contributed by atoms with Gasteiger partial charge in [-0.1, -0.05) is 30.3 Å². The van der Waals surface area contributed by atoms with Crippen LogP contribution in [0, 0.1) is 0 Å². The molecule has 3 rings (SSSR count). The van der Waals surface area contributed by atoms with Crippen LogP contribution in [0.5, 0.6) is 5.75 Å². The normalized spacial score (nSPS) is 12.8. The van der Waals surface area contributed by atoms with Crippen molar-refractivity contribution in [3.05, 3.63) is 64.7 Å². The molecule has 1 N–H and O–H groups in total. The zero-order valence-electron chi connectivity index (χ0n) is 15.6. The minimum Gasteiger partial charge on any atom is -0.497 e. The molecule has 27 heavy (non-hydrogen) atoms. The number of methoxy groups -OCH3 is 1. The van der Waals surface area contributed by atoms with Crippen LogP contribution >= 0.6 is 0 Å². The van der Waals surface area contributed by atoms with Crippen molar-refractivity contribution in [2.45, 2.75) is 38.6 Å². The number of carbonyl (C=O) groups excluding carboxylic acids is 2. The van der Waals surface area contributed by atoms with Crippen LogP contribution in [0.3, 0.4) is 0 Å². The summed E-state index contributed by atoms with van der Waals surface area (Å²) in [6.07, 6.45) is 4.83. The molecule has 5 nitrogen and oxygen atoms in total. The minimum atomic E-state index is -0.384. The van der Waals surface area contributed by atoms with Crippen molar-refractivity contribution < 1.29 is 19.1 Å². The van der Waals surface area contributed by atoms with E-state index >= 15 is 0 Å². The molecule has 0 heterocycles. The lowest BCUT2D eigenvalue weighted by atomic mass is 9.90. The average Bonchev–Trinajstić information content (AvgIpc) is 2.71. The molecule has 0 saturated carbocycles. The van der Waals surface area contributed by atoms with Crippen molar-refractivity contribution in [2.75, 3.05) is 13.7 Å². The van der Waals surface area contributed by atoms with Crippen LogP contribution in [-0.4, -0.2) is 25.6 Å². The molecule has 0 spiro atoms. The number of amides is 1. The number of ether oxygens (including phenoxy) is 2. The molecule has 1 aliphatic rings. The van der Waals surface area contributed by atoms with E-state index < -0.39 is 0 Å². The molecule has 0 atom stereocenters. The predicted molar refractivity (Wildman–Crippen MR) is 103 cm³/mol. The number of fused-ring (bicyclic) bond motifs is 1. The van der Waals surface area contributed by atoms with Gasteiger partial charge in [0.05, 0.1) is 13.5 Å². The van der Waals surface area contributed by atoms with Crippen molar-refractivity contribution in [1.29, 1.82) is 0 Å². The average molecular weight is 367 g/mol. The summed E-state index contributed by atoms with van der Waals surface area (Å²) in [6.45, 7) is 0.116. The van der Waals surface area contributed by atoms with Gasteiger partial charge in [0, 0.05) is 6.54 Å². The zero-order valence-corrected chi connectivity index (χ0v) is 15.6. The molecule has 2 aromatic rings. The highest BCUT2D eigenvalue weighted by Gasteiger charge is 2.12. The van der Waals surface area contributed by atoms with Crippen molar-refractivity contribution in [3.63, 3.8) is 0 Å². The van der Waals surface area contributed by atoms with Gasteiger partial charge in [0.15, 0.2) is 6.61 Å². The second kappa shape index (κ2) is 9.21. The summed E-state index contributed by atoms with van der Waals surface area (Å²) in [5.41, 5.74) is 4.61. The lowest BCUT2D eigenvalue weighted by Gasteiger charge is -2.16. The molecular formula is C22H25NO4. The van der Waals surface area contributed by atoms with Crippen molar-refractivity contribution >= 4 is 11.9 Å². The van der Waals surface area contributed by atoms with Gasteiger partial charge in [-0.05, 0) is 60.1 Å². The van der Waals surface area contributed by atoms with Gasteiger partial charge in [0.25, 0.3) is 5.91 Å². The zero-order chi connectivity index (χ0) is 19.1. The van der Waals surface area contributed by atoms with Gasteiger partial charge in [-0.25, -0.2) is 0 Å². The van der Waals surface area contributed by atoms with Crippen LogP contribution in [0.25, 0.3) is 0 Å². The fourth-order valence-electron chi connectivity index (χ4n) is 3.26. The molecular weight excluding hydrogens is 342 g/mol. The number of rotatable bonds is 7. The summed E-state index contributed by atoms with van der Waals surface area (Å²) in [5, 5.41) is 2.74. The van der Waals surface area contributed by atoms with Gasteiger partial charge in [0.2, 0.25) is 0 Å². The third kappa shape index (κ3) is 5.58. The molecule has 1 aliphatic carbocycles. The first kappa shape index (κ1) is 19.0. The Hall–Kier alpha value is -2.82. The first-order valence-electron chi connectivity index (χ1n) is 9.30. The van der Waals surface area contributed by atoms with E-state index in [-0.39, 0.29) is 24.9 Å². The summed E-state index contributed by atoms with van der Waals surface area (Å²) < 4.78 is 10.2. The monoisotopic (exact) mass is 367 g/mol.